The minimum absolute atomic E-state index is 0.270. The first kappa shape index (κ1) is 17.1. The lowest BCUT2D eigenvalue weighted by Gasteiger charge is -2.35. The SMILES string of the molecule is COC(=O)[C@@H](C)NCc1c(Cl)cccc1N1CCN(C)CC1. The summed E-state index contributed by atoms with van der Waals surface area (Å²) in [6.07, 6.45) is 0. The first-order valence-electron chi connectivity index (χ1n) is 7.55. The van der Waals surface area contributed by atoms with Crippen LogP contribution in [0.5, 0.6) is 0 Å². The fourth-order valence-corrected chi connectivity index (χ4v) is 2.82. The predicted molar refractivity (Wildman–Crippen MR) is 89.5 cm³/mol. The Kier molecular flexibility index (Phi) is 6.06. The molecule has 1 aliphatic rings. The Bertz CT molecular complexity index is 516. The highest BCUT2D eigenvalue weighted by molar-refractivity contribution is 6.31. The number of ether oxygens (including phenoxy) is 1. The third-order valence-corrected chi connectivity index (χ3v) is 4.43. The van der Waals surface area contributed by atoms with Gasteiger partial charge in [0.1, 0.15) is 6.04 Å². The van der Waals surface area contributed by atoms with Gasteiger partial charge in [0.25, 0.3) is 0 Å². The van der Waals surface area contributed by atoms with Crippen LogP contribution in [0.1, 0.15) is 12.5 Å². The molecule has 0 unspecified atom stereocenters. The highest BCUT2D eigenvalue weighted by Gasteiger charge is 2.19. The average Bonchev–Trinajstić information content (AvgIpc) is 2.53. The van der Waals surface area contributed by atoms with E-state index in [-0.39, 0.29) is 12.0 Å². The van der Waals surface area contributed by atoms with Crippen molar-refractivity contribution in [3.8, 4) is 0 Å². The summed E-state index contributed by atoms with van der Waals surface area (Å²) in [6, 6.07) is 5.60. The molecule has 0 aromatic heterocycles. The molecular weight excluding hydrogens is 302 g/mol. The number of methoxy groups -OCH3 is 1. The van der Waals surface area contributed by atoms with Gasteiger partial charge in [0.15, 0.2) is 0 Å². The normalized spacial score (nSPS) is 17.4. The molecule has 1 aromatic carbocycles. The number of piperazine rings is 1. The van der Waals surface area contributed by atoms with E-state index in [2.05, 4.69) is 28.2 Å². The van der Waals surface area contributed by atoms with Crippen molar-refractivity contribution in [2.45, 2.75) is 19.5 Å². The molecule has 1 aromatic rings. The summed E-state index contributed by atoms with van der Waals surface area (Å²) in [4.78, 5) is 16.2. The molecule has 0 aliphatic carbocycles. The van der Waals surface area contributed by atoms with E-state index >= 15 is 0 Å². The molecule has 0 spiro atoms. The van der Waals surface area contributed by atoms with Gasteiger partial charge in [0, 0.05) is 49.0 Å². The molecule has 1 aliphatic heterocycles. The Morgan fingerprint density at radius 1 is 1.36 bits per heavy atom. The van der Waals surface area contributed by atoms with Crippen LogP contribution in [-0.2, 0) is 16.1 Å². The molecule has 0 saturated carbocycles. The van der Waals surface area contributed by atoms with Gasteiger partial charge < -0.3 is 19.9 Å². The predicted octanol–water partition coefficient (Wildman–Crippen LogP) is 1.74. The number of anilines is 1. The number of nitrogens with one attached hydrogen (secondary N) is 1. The summed E-state index contributed by atoms with van der Waals surface area (Å²) in [5, 5.41) is 3.91. The van der Waals surface area contributed by atoms with Crippen LogP contribution in [0.3, 0.4) is 0 Å². The highest BCUT2D eigenvalue weighted by Crippen LogP contribution is 2.28. The van der Waals surface area contributed by atoms with Gasteiger partial charge in [-0.1, -0.05) is 17.7 Å². The Morgan fingerprint density at radius 3 is 2.68 bits per heavy atom. The van der Waals surface area contributed by atoms with E-state index in [1.165, 1.54) is 7.11 Å². The summed E-state index contributed by atoms with van der Waals surface area (Å²) < 4.78 is 4.74. The van der Waals surface area contributed by atoms with E-state index in [0.29, 0.717) is 6.54 Å². The quantitative estimate of drug-likeness (QED) is 0.836. The minimum atomic E-state index is -0.360. The van der Waals surface area contributed by atoms with Gasteiger partial charge in [-0.15, -0.1) is 0 Å². The molecule has 6 heteroatoms. The van der Waals surface area contributed by atoms with Gasteiger partial charge in [-0.3, -0.25) is 4.79 Å². The zero-order valence-electron chi connectivity index (χ0n) is 13.4. The molecular formula is C16H24ClN3O2. The Morgan fingerprint density at radius 2 is 2.05 bits per heavy atom. The number of likely N-dealkylation sites (N-methyl/N-ethyl adjacent to an activating group) is 1. The van der Waals surface area contributed by atoms with Gasteiger partial charge in [-0.05, 0) is 26.1 Å². The van der Waals surface area contributed by atoms with Gasteiger partial charge >= 0.3 is 5.97 Å². The topological polar surface area (TPSA) is 44.8 Å². The molecule has 0 amide bonds. The summed E-state index contributed by atoms with van der Waals surface area (Å²) in [7, 11) is 3.53. The standard InChI is InChI=1S/C16H24ClN3O2/c1-12(16(21)22-3)18-11-13-14(17)5-4-6-15(13)20-9-7-19(2)8-10-20/h4-6,12,18H,7-11H2,1-3H3/t12-/m1/s1. The first-order chi connectivity index (χ1) is 10.5. The third-order valence-electron chi connectivity index (χ3n) is 4.08. The van der Waals surface area contributed by atoms with Crippen molar-refractivity contribution < 1.29 is 9.53 Å². The Balaban J connectivity index is 2.11. The average molecular weight is 326 g/mol. The number of hydrogen-bond donors (Lipinski definition) is 1. The Labute approximate surface area is 137 Å². The molecule has 1 fully saturated rings. The van der Waals surface area contributed by atoms with Crippen LogP contribution in [0, 0.1) is 0 Å². The summed E-state index contributed by atoms with van der Waals surface area (Å²) in [5.41, 5.74) is 2.18. The highest BCUT2D eigenvalue weighted by atomic mass is 35.5. The fraction of sp³-hybridized carbons (Fsp3) is 0.562. The zero-order valence-corrected chi connectivity index (χ0v) is 14.2. The summed E-state index contributed by atoms with van der Waals surface area (Å²) in [5.74, 6) is -0.270. The van der Waals surface area contributed by atoms with Crippen LogP contribution in [-0.4, -0.2) is 57.2 Å². The maximum Gasteiger partial charge on any atom is 0.322 e. The van der Waals surface area contributed by atoms with Crippen molar-refractivity contribution in [3.05, 3.63) is 28.8 Å². The second-order valence-electron chi connectivity index (χ2n) is 5.65. The monoisotopic (exact) mass is 325 g/mol. The van der Waals surface area contributed by atoms with Crippen molar-refractivity contribution in [3.63, 3.8) is 0 Å². The van der Waals surface area contributed by atoms with E-state index < -0.39 is 0 Å². The number of rotatable bonds is 5. The lowest BCUT2D eigenvalue weighted by atomic mass is 10.1. The zero-order chi connectivity index (χ0) is 16.1. The fourth-order valence-electron chi connectivity index (χ4n) is 2.58. The van der Waals surface area contributed by atoms with Gasteiger partial charge in [0.05, 0.1) is 7.11 Å². The molecule has 122 valence electrons. The van der Waals surface area contributed by atoms with Crippen LogP contribution < -0.4 is 10.2 Å². The maximum atomic E-state index is 11.5. The number of carbonyl (C=O) groups excluding carboxylic acids is 1. The number of nitrogens with zero attached hydrogens (tertiary/aromatic N) is 2. The van der Waals surface area contributed by atoms with Crippen LogP contribution in [0.2, 0.25) is 5.02 Å². The van der Waals surface area contributed by atoms with Crippen LogP contribution in [0.4, 0.5) is 5.69 Å². The number of benzene rings is 1. The van der Waals surface area contributed by atoms with Crippen molar-refractivity contribution in [1.29, 1.82) is 0 Å². The first-order valence-corrected chi connectivity index (χ1v) is 7.92. The number of hydrogen-bond acceptors (Lipinski definition) is 5. The molecule has 1 atom stereocenters. The second-order valence-corrected chi connectivity index (χ2v) is 6.06. The molecule has 1 saturated heterocycles. The molecule has 5 nitrogen and oxygen atoms in total. The third kappa shape index (κ3) is 4.12. The Hall–Kier alpha value is -1.30. The molecule has 0 radical (unpaired) electrons. The van der Waals surface area contributed by atoms with E-state index in [4.69, 9.17) is 16.3 Å². The van der Waals surface area contributed by atoms with Crippen molar-refractivity contribution in [1.82, 2.24) is 10.2 Å². The number of halogens is 1. The van der Waals surface area contributed by atoms with E-state index in [1.807, 2.05) is 12.1 Å². The van der Waals surface area contributed by atoms with E-state index in [9.17, 15) is 4.79 Å². The van der Waals surface area contributed by atoms with Gasteiger partial charge in [0.2, 0.25) is 0 Å². The largest absolute Gasteiger partial charge is 0.468 e. The molecule has 22 heavy (non-hydrogen) atoms. The second kappa shape index (κ2) is 7.81. The van der Waals surface area contributed by atoms with Crippen molar-refractivity contribution in [2.75, 3.05) is 45.2 Å². The van der Waals surface area contributed by atoms with Gasteiger partial charge in [-0.25, -0.2) is 0 Å². The molecule has 1 heterocycles. The summed E-state index contributed by atoms with van der Waals surface area (Å²) in [6.45, 7) is 6.37. The molecule has 1 N–H and O–H groups in total. The minimum Gasteiger partial charge on any atom is -0.468 e. The maximum absolute atomic E-state index is 11.5. The van der Waals surface area contributed by atoms with E-state index in [0.717, 1.165) is 42.5 Å². The molecule has 0 bridgehead atoms. The molecule has 2 rings (SSSR count). The number of esters is 1. The lowest BCUT2D eigenvalue weighted by molar-refractivity contribution is -0.142. The summed E-state index contributed by atoms with van der Waals surface area (Å²) >= 11 is 6.38. The van der Waals surface area contributed by atoms with Crippen molar-refractivity contribution >= 4 is 23.3 Å². The van der Waals surface area contributed by atoms with Crippen LogP contribution in [0.25, 0.3) is 0 Å². The van der Waals surface area contributed by atoms with E-state index in [1.54, 1.807) is 6.92 Å². The van der Waals surface area contributed by atoms with Gasteiger partial charge in [-0.2, -0.15) is 0 Å². The number of carbonyl (C=O) groups is 1. The van der Waals surface area contributed by atoms with Crippen molar-refractivity contribution in [2.24, 2.45) is 0 Å². The lowest BCUT2D eigenvalue weighted by Crippen LogP contribution is -2.45. The van der Waals surface area contributed by atoms with Crippen LogP contribution in [0.15, 0.2) is 18.2 Å². The smallest absolute Gasteiger partial charge is 0.322 e. The van der Waals surface area contributed by atoms with Crippen LogP contribution >= 0.6 is 11.6 Å².